The van der Waals surface area contributed by atoms with Crippen molar-refractivity contribution in [1.82, 2.24) is 25.0 Å². The molecular weight excluding hydrogens is 454 g/mol. The van der Waals surface area contributed by atoms with Gasteiger partial charge in [0.15, 0.2) is 0 Å². The molecular formula is C28H25N5O3. The first-order valence-corrected chi connectivity index (χ1v) is 11.8. The highest BCUT2D eigenvalue weighted by molar-refractivity contribution is 6.21. The molecule has 3 heterocycles. The summed E-state index contributed by atoms with van der Waals surface area (Å²) in [5.74, 6) is -0.754. The number of carbonyl (C=O) groups excluding carboxylic acids is 3. The summed E-state index contributed by atoms with van der Waals surface area (Å²) in [6.07, 6.45) is 5.91. The maximum atomic E-state index is 12.6. The van der Waals surface area contributed by atoms with Gasteiger partial charge in [-0.2, -0.15) is 5.10 Å². The lowest BCUT2D eigenvalue weighted by Crippen LogP contribution is -2.32. The summed E-state index contributed by atoms with van der Waals surface area (Å²) in [7, 11) is 0. The summed E-state index contributed by atoms with van der Waals surface area (Å²) in [6, 6.07) is 18.8. The molecule has 0 fully saturated rings. The van der Waals surface area contributed by atoms with Gasteiger partial charge < -0.3 is 5.32 Å². The molecule has 1 aliphatic rings. The second-order valence-corrected chi connectivity index (χ2v) is 8.71. The van der Waals surface area contributed by atoms with Crippen molar-refractivity contribution in [2.24, 2.45) is 0 Å². The average molecular weight is 480 g/mol. The molecule has 8 heteroatoms. The van der Waals surface area contributed by atoms with Crippen molar-refractivity contribution in [2.45, 2.75) is 26.3 Å². The topological polar surface area (TPSA) is 97.2 Å². The number of aromatic nitrogens is 3. The van der Waals surface area contributed by atoms with Gasteiger partial charge in [-0.25, -0.2) is 4.68 Å². The number of hydrogen-bond acceptors (Lipinski definition) is 5. The van der Waals surface area contributed by atoms with Gasteiger partial charge in [-0.3, -0.25) is 24.3 Å². The van der Waals surface area contributed by atoms with E-state index in [1.165, 1.54) is 4.90 Å². The number of nitrogens with one attached hydrogen (secondary N) is 1. The Balaban J connectivity index is 1.21. The van der Waals surface area contributed by atoms with Gasteiger partial charge in [0.2, 0.25) is 5.91 Å². The molecule has 0 saturated heterocycles. The standard InChI is InChI=1S/C28H25N5O3/c1-19-9-10-23-24(16-19)28(36)32(27(23)35)15-5-8-25(34)30-17-21-18-33(22-6-3-2-4-7-22)31-26(21)20-11-13-29-14-12-20/h2-4,6-7,9-14,16,18H,5,8,15,17H2,1H3,(H,30,34). The van der Waals surface area contributed by atoms with Crippen LogP contribution in [0.3, 0.4) is 0 Å². The van der Waals surface area contributed by atoms with Crippen LogP contribution in [0.25, 0.3) is 16.9 Å². The zero-order valence-electron chi connectivity index (χ0n) is 19.8. The lowest BCUT2D eigenvalue weighted by molar-refractivity contribution is -0.121. The molecule has 0 atom stereocenters. The lowest BCUT2D eigenvalue weighted by Gasteiger charge is -2.13. The Labute approximate surface area is 208 Å². The number of hydrogen-bond donors (Lipinski definition) is 1. The smallest absolute Gasteiger partial charge is 0.261 e. The van der Waals surface area contributed by atoms with Crippen LogP contribution in [0.4, 0.5) is 0 Å². The SMILES string of the molecule is Cc1ccc2c(c1)C(=O)N(CCCC(=O)NCc1cn(-c3ccccc3)nc1-c1ccncc1)C2=O. The largest absolute Gasteiger partial charge is 0.352 e. The van der Waals surface area contributed by atoms with Crippen molar-refractivity contribution in [3.8, 4) is 16.9 Å². The minimum absolute atomic E-state index is 0.157. The number of aryl methyl sites for hydroxylation is 1. The van der Waals surface area contributed by atoms with Gasteiger partial charge in [-0.15, -0.1) is 0 Å². The second kappa shape index (κ2) is 9.95. The van der Waals surface area contributed by atoms with E-state index < -0.39 is 0 Å². The predicted octanol–water partition coefficient (Wildman–Crippen LogP) is 3.94. The van der Waals surface area contributed by atoms with E-state index in [4.69, 9.17) is 5.10 Å². The molecule has 0 unspecified atom stereocenters. The number of pyridine rings is 1. The first-order chi connectivity index (χ1) is 17.5. The molecule has 0 bridgehead atoms. The number of para-hydroxylation sites is 1. The molecule has 36 heavy (non-hydrogen) atoms. The molecule has 180 valence electrons. The van der Waals surface area contributed by atoms with E-state index in [9.17, 15) is 14.4 Å². The van der Waals surface area contributed by atoms with E-state index in [1.54, 1.807) is 29.2 Å². The minimum atomic E-state index is -0.300. The molecule has 8 nitrogen and oxygen atoms in total. The third kappa shape index (κ3) is 4.65. The Morgan fingerprint density at radius 3 is 2.47 bits per heavy atom. The number of rotatable bonds is 8. The van der Waals surface area contributed by atoms with Gasteiger partial charge in [0.25, 0.3) is 11.8 Å². The number of carbonyl (C=O) groups is 3. The lowest BCUT2D eigenvalue weighted by atomic mass is 10.1. The Bertz CT molecular complexity index is 1430. The van der Waals surface area contributed by atoms with Crippen LogP contribution in [-0.2, 0) is 11.3 Å². The van der Waals surface area contributed by atoms with Crippen LogP contribution in [-0.4, -0.2) is 43.9 Å². The predicted molar refractivity (Wildman–Crippen MR) is 134 cm³/mol. The van der Waals surface area contributed by atoms with Crippen LogP contribution in [0.2, 0.25) is 0 Å². The second-order valence-electron chi connectivity index (χ2n) is 8.71. The summed E-state index contributed by atoms with van der Waals surface area (Å²) in [6.45, 7) is 2.39. The number of fused-ring (bicyclic) bond motifs is 1. The summed E-state index contributed by atoms with van der Waals surface area (Å²) in [5, 5.41) is 7.69. The third-order valence-corrected chi connectivity index (χ3v) is 6.15. The highest BCUT2D eigenvalue weighted by Gasteiger charge is 2.34. The Kier molecular flexibility index (Phi) is 6.40. The monoisotopic (exact) mass is 479 g/mol. The highest BCUT2D eigenvalue weighted by atomic mass is 16.2. The normalized spacial score (nSPS) is 12.6. The van der Waals surface area contributed by atoms with E-state index in [0.29, 0.717) is 24.1 Å². The van der Waals surface area contributed by atoms with Crippen molar-refractivity contribution < 1.29 is 14.4 Å². The van der Waals surface area contributed by atoms with Crippen molar-refractivity contribution >= 4 is 17.7 Å². The molecule has 2 aromatic carbocycles. The first-order valence-electron chi connectivity index (χ1n) is 11.8. The van der Waals surface area contributed by atoms with E-state index >= 15 is 0 Å². The van der Waals surface area contributed by atoms with Crippen LogP contribution in [0.15, 0.2) is 79.3 Å². The van der Waals surface area contributed by atoms with Crippen LogP contribution in [0, 0.1) is 6.92 Å². The van der Waals surface area contributed by atoms with E-state index in [0.717, 1.165) is 28.1 Å². The van der Waals surface area contributed by atoms with E-state index in [2.05, 4.69) is 10.3 Å². The molecule has 0 radical (unpaired) electrons. The van der Waals surface area contributed by atoms with Gasteiger partial charge in [0.1, 0.15) is 0 Å². The fourth-order valence-corrected chi connectivity index (χ4v) is 4.29. The Morgan fingerprint density at radius 2 is 1.69 bits per heavy atom. The quantitative estimate of drug-likeness (QED) is 0.386. The van der Waals surface area contributed by atoms with Crippen molar-refractivity contribution in [2.75, 3.05) is 6.54 Å². The molecule has 3 amide bonds. The molecule has 0 spiro atoms. The molecule has 0 aliphatic carbocycles. The van der Waals surface area contributed by atoms with Gasteiger partial charge in [-0.05, 0) is 49.7 Å². The van der Waals surface area contributed by atoms with Crippen molar-refractivity contribution in [1.29, 1.82) is 0 Å². The maximum Gasteiger partial charge on any atom is 0.261 e. The average Bonchev–Trinajstić information content (AvgIpc) is 3.43. The highest BCUT2D eigenvalue weighted by Crippen LogP contribution is 2.25. The van der Waals surface area contributed by atoms with E-state index in [1.807, 2.05) is 61.7 Å². The summed E-state index contributed by atoms with van der Waals surface area (Å²) >= 11 is 0. The number of nitrogens with zero attached hydrogens (tertiary/aromatic N) is 4. The van der Waals surface area contributed by atoms with Gasteiger partial charge in [-0.1, -0.05) is 29.8 Å². The molecule has 1 N–H and O–H groups in total. The van der Waals surface area contributed by atoms with Gasteiger partial charge >= 0.3 is 0 Å². The van der Waals surface area contributed by atoms with Gasteiger partial charge in [0, 0.05) is 49.2 Å². The van der Waals surface area contributed by atoms with Crippen LogP contribution in [0.1, 0.15) is 44.7 Å². The molecule has 1 aliphatic heterocycles. The Hall–Kier alpha value is -4.59. The third-order valence-electron chi connectivity index (χ3n) is 6.15. The van der Waals surface area contributed by atoms with Gasteiger partial charge in [0.05, 0.1) is 22.5 Å². The first kappa shape index (κ1) is 23.2. The zero-order valence-corrected chi connectivity index (χ0v) is 19.8. The van der Waals surface area contributed by atoms with E-state index in [-0.39, 0.29) is 30.7 Å². The van der Waals surface area contributed by atoms with Crippen LogP contribution in [0.5, 0.6) is 0 Å². The van der Waals surface area contributed by atoms with Crippen LogP contribution >= 0.6 is 0 Å². The molecule has 4 aromatic rings. The number of amides is 3. The fourth-order valence-electron chi connectivity index (χ4n) is 4.29. The molecule has 2 aromatic heterocycles. The minimum Gasteiger partial charge on any atom is -0.352 e. The number of imide groups is 1. The molecule has 5 rings (SSSR count). The summed E-state index contributed by atoms with van der Waals surface area (Å²) in [4.78, 5) is 43.1. The maximum absolute atomic E-state index is 12.6. The number of benzene rings is 2. The summed E-state index contributed by atoms with van der Waals surface area (Å²) < 4.78 is 1.79. The van der Waals surface area contributed by atoms with Crippen molar-refractivity contribution in [3.63, 3.8) is 0 Å². The van der Waals surface area contributed by atoms with Crippen molar-refractivity contribution in [3.05, 3.63) is 102 Å². The summed E-state index contributed by atoms with van der Waals surface area (Å²) in [5.41, 5.74) is 5.25. The Morgan fingerprint density at radius 1 is 0.944 bits per heavy atom. The van der Waals surface area contributed by atoms with Crippen LogP contribution < -0.4 is 5.32 Å². The molecule has 0 saturated carbocycles. The fraction of sp³-hybridized carbons (Fsp3) is 0.179. The zero-order chi connectivity index (χ0) is 25.1.